The van der Waals surface area contributed by atoms with Gasteiger partial charge in [0.1, 0.15) is 5.82 Å². The number of aromatic nitrogens is 1. The van der Waals surface area contributed by atoms with E-state index in [1.54, 1.807) is 0 Å². The molecule has 3 nitrogen and oxygen atoms in total. The highest BCUT2D eigenvalue weighted by Crippen LogP contribution is 2.10. The summed E-state index contributed by atoms with van der Waals surface area (Å²) < 4.78 is 0. The second kappa shape index (κ2) is 7.23. The minimum absolute atomic E-state index is 0.929. The third kappa shape index (κ3) is 4.62. The molecular weight excluding hydrogens is 198 g/mol. The fraction of sp³-hybridized carbons (Fsp3) is 0.615. The molecule has 0 aliphatic carbocycles. The summed E-state index contributed by atoms with van der Waals surface area (Å²) >= 11 is 0. The summed E-state index contributed by atoms with van der Waals surface area (Å²) in [5.74, 6) is 0.996. The summed E-state index contributed by atoms with van der Waals surface area (Å²) in [5.41, 5.74) is 2.38. The molecule has 0 amide bonds. The summed E-state index contributed by atoms with van der Waals surface area (Å²) in [7, 11) is 0. The molecule has 0 fully saturated rings. The van der Waals surface area contributed by atoms with Gasteiger partial charge in [-0.2, -0.15) is 0 Å². The smallest absolute Gasteiger partial charge is 0.126 e. The lowest BCUT2D eigenvalue weighted by Crippen LogP contribution is -2.14. The first-order chi connectivity index (χ1) is 7.76. The van der Waals surface area contributed by atoms with E-state index in [4.69, 9.17) is 0 Å². The van der Waals surface area contributed by atoms with Crippen LogP contribution in [0.4, 0.5) is 5.82 Å². The van der Waals surface area contributed by atoms with Crippen LogP contribution in [0.2, 0.25) is 0 Å². The van der Waals surface area contributed by atoms with E-state index in [0.717, 1.165) is 37.6 Å². The van der Waals surface area contributed by atoms with Crippen molar-refractivity contribution in [2.75, 3.05) is 18.4 Å². The zero-order chi connectivity index (χ0) is 11.8. The molecular formula is C13H23N3. The molecule has 0 aliphatic rings. The molecule has 0 atom stereocenters. The monoisotopic (exact) mass is 221 g/mol. The van der Waals surface area contributed by atoms with Crippen LogP contribution in [0.15, 0.2) is 12.1 Å². The van der Waals surface area contributed by atoms with Gasteiger partial charge in [0.2, 0.25) is 0 Å². The van der Waals surface area contributed by atoms with Gasteiger partial charge in [0, 0.05) is 18.8 Å². The van der Waals surface area contributed by atoms with Crippen molar-refractivity contribution in [1.29, 1.82) is 0 Å². The zero-order valence-corrected chi connectivity index (χ0v) is 10.6. The van der Waals surface area contributed by atoms with Gasteiger partial charge < -0.3 is 10.6 Å². The Labute approximate surface area is 98.7 Å². The van der Waals surface area contributed by atoms with Crippen LogP contribution in [0.1, 0.15) is 37.9 Å². The largest absolute Gasteiger partial charge is 0.370 e. The number of aryl methyl sites for hydroxylation is 1. The fourth-order valence-electron chi connectivity index (χ4n) is 1.60. The molecule has 3 heteroatoms. The standard InChI is InChI=1S/C13H23N3/c1-4-6-14-10-12-8-11(3)16-13(9-12)15-7-5-2/h8-9,14H,4-7,10H2,1-3H3,(H,15,16). The molecule has 90 valence electrons. The van der Waals surface area contributed by atoms with Gasteiger partial charge in [-0.3, -0.25) is 0 Å². The Morgan fingerprint density at radius 3 is 2.56 bits per heavy atom. The van der Waals surface area contributed by atoms with Crippen molar-refractivity contribution in [3.63, 3.8) is 0 Å². The molecule has 1 heterocycles. The van der Waals surface area contributed by atoms with Gasteiger partial charge in [-0.1, -0.05) is 13.8 Å². The first-order valence-corrected chi connectivity index (χ1v) is 6.18. The SMILES string of the molecule is CCCNCc1cc(C)nc(NCCC)c1. The van der Waals surface area contributed by atoms with Crippen molar-refractivity contribution in [1.82, 2.24) is 10.3 Å². The number of pyridine rings is 1. The number of anilines is 1. The van der Waals surface area contributed by atoms with E-state index >= 15 is 0 Å². The van der Waals surface area contributed by atoms with Crippen LogP contribution in [0, 0.1) is 6.92 Å². The summed E-state index contributed by atoms with van der Waals surface area (Å²) in [6, 6.07) is 4.27. The Balaban J connectivity index is 2.58. The van der Waals surface area contributed by atoms with E-state index < -0.39 is 0 Å². The molecule has 0 saturated heterocycles. The molecule has 0 aromatic carbocycles. The molecule has 0 radical (unpaired) electrons. The second-order valence-corrected chi connectivity index (χ2v) is 4.11. The third-order valence-corrected chi connectivity index (χ3v) is 2.33. The topological polar surface area (TPSA) is 37.0 Å². The number of nitrogens with zero attached hydrogens (tertiary/aromatic N) is 1. The maximum absolute atomic E-state index is 4.46. The molecule has 1 aromatic rings. The third-order valence-electron chi connectivity index (χ3n) is 2.33. The first-order valence-electron chi connectivity index (χ1n) is 6.18. The lowest BCUT2D eigenvalue weighted by atomic mass is 10.2. The molecule has 0 bridgehead atoms. The maximum Gasteiger partial charge on any atom is 0.126 e. The average Bonchev–Trinajstić information content (AvgIpc) is 2.26. The quantitative estimate of drug-likeness (QED) is 0.695. The molecule has 1 aromatic heterocycles. The van der Waals surface area contributed by atoms with E-state index in [0.29, 0.717) is 0 Å². The van der Waals surface area contributed by atoms with Crippen molar-refractivity contribution in [2.45, 2.75) is 40.2 Å². The van der Waals surface area contributed by atoms with Crippen LogP contribution in [0.5, 0.6) is 0 Å². The summed E-state index contributed by atoms with van der Waals surface area (Å²) in [6.07, 6.45) is 2.30. The van der Waals surface area contributed by atoms with Gasteiger partial charge in [0.05, 0.1) is 0 Å². The van der Waals surface area contributed by atoms with Gasteiger partial charge >= 0.3 is 0 Å². The van der Waals surface area contributed by atoms with E-state index in [2.05, 4.69) is 41.6 Å². The number of rotatable bonds is 7. The maximum atomic E-state index is 4.46. The number of nitrogens with one attached hydrogen (secondary N) is 2. The van der Waals surface area contributed by atoms with Crippen LogP contribution in [-0.4, -0.2) is 18.1 Å². The predicted molar refractivity (Wildman–Crippen MR) is 69.8 cm³/mol. The Morgan fingerprint density at radius 1 is 1.12 bits per heavy atom. The average molecular weight is 221 g/mol. The minimum Gasteiger partial charge on any atom is -0.370 e. The summed E-state index contributed by atoms with van der Waals surface area (Å²) in [4.78, 5) is 4.46. The van der Waals surface area contributed by atoms with Gasteiger partial charge in [-0.25, -0.2) is 4.98 Å². The van der Waals surface area contributed by atoms with E-state index in [1.165, 1.54) is 12.0 Å². The predicted octanol–water partition coefficient (Wildman–Crippen LogP) is 2.71. The molecule has 0 spiro atoms. The Morgan fingerprint density at radius 2 is 1.88 bits per heavy atom. The highest BCUT2D eigenvalue weighted by molar-refractivity contribution is 5.39. The Bertz CT molecular complexity index is 310. The number of hydrogen-bond donors (Lipinski definition) is 2. The van der Waals surface area contributed by atoms with Crippen molar-refractivity contribution in [2.24, 2.45) is 0 Å². The molecule has 1 rings (SSSR count). The minimum atomic E-state index is 0.929. The van der Waals surface area contributed by atoms with Gasteiger partial charge in [-0.05, 0) is 44.0 Å². The van der Waals surface area contributed by atoms with Crippen LogP contribution >= 0.6 is 0 Å². The van der Waals surface area contributed by atoms with Crippen molar-refractivity contribution >= 4 is 5.82 Å². The van der Waals surface area contributed by atoms with Gasteiger partial charge in [0.25, 0.3) is 0 Å². The normalized spacial score (nSPS) is 10.4. The van der Waals surface area contributed by atoms with E-state index in [1.807, 2.05) is 6.92 Å². The van der Waals surface area contributed by atoms with E-state index in [9.17, 15) is 0 Å². The highest BCUT2D eigenvalue weighted by Gasteiger charge is 1.99. The van der Waals surface area contributed by atoms with Crippen molar-refractivity contribution in [3.05, 3.63) is 23.4 Å². The van der Waals surface area contributed by atoms with Crippen molar-refractivity contribution < 1.29 is 0 Å². The molecule has 0 unspecified atom stereocenters. The van der Waals surface area contributed by atoms with Crippen molar-refractivity contribution in [3.8, 4) is 0 Å². The van der Waals surface area contributed by atoms with E-state index in [-0.39, 0.29) is 0 Å². The van der Waals surface area contributed by atoms with Gasteiger partial charge in [0.15, 0.2) is 0 Å². The Hall–Kier alpha value is -1.09. The van der Waals surface area contributed by atoms with Crippen LogP contribution in [0.3, 0.4) is 0 Å². The lowest BCUT2D eigenvalue weighted by Gasteiger charge is -2.09. The lowest BCUT2D eigenvalue weighted by molar-refractivity contribution is 0.674. The molecule has 0 saturated carbocycles. The molecule has 2 N–H and O–H groups in total. The Kier molecular flexibility index (Phi) is 5.86. The number of hydrogen-bond acceptors (Lipinski definition) is 3. The summed E-state index contributed by atoms with van der Waals surface area (Å²) in [6.45, 7) is 9.36. The highest BCUT2D eigenvalue weighted by atomic mass is 15.0. The van der Waals surface area contributed by atoms with Crippen LogP contribution in [-0.2, 0) is 6.54 Å². The van der Waals surface area contributed by atoms with Crippen LogP contribution < -0.4 is 10.6 Å². The van der Waals surface area contributed by atoms with Gasteiger partial charge in [-0.15, -0.1) is 0 Å². The second-order valence-electron chi connectivity index (χ2n) is 4.11. The molecule has 0 aliphatic heterocycles. The van der Waals surface area contributed by atoms with Crippen LogP contribution in [0.25, 0.3) is 0 Å². The molecule has 16 heavy (non-hydrogen) atoms. The zero-order valence-electron chi connectivity index (χ0n) is 10.6. The first kappa shape index (κ1) is 13.0. The fourth-order valence-corrected chi connectivity index (χ4v) is 1.60. The summed E-state index contributed by atoms with van der Waals surface area (Å²) in [5, 5.41) is 6.73.